The van der Waals surface area contributed by atoms with E-state index in [1.165, 1.54) is 32.3 Å². The van der Waals surface area contributed by atoms with E-state index in [2.05, 4.69) is 66.8 Å². The van der Waals surface area contributed by atoms with Gasteiger partial charge >= 0.3 is 4.74 Å². The Bertz CT molecular complexity index is 1200. The van der Waals surface area contributed by atoms with E-state index in [1.54, 1.807) is 26.0 Å². The molecule has 4 rings (SSSR count). The largest absolute Gasteiger partial charge is 0.487 e. The van der Waals surface area contributed by atoms with E-state index in [-0.39, 0.29) is 0 Å². The molecule has 3 aromatic rings. The zero-order valence-electron chi connectivity index (χ0n) is 18.3. The number of methoxy groups -OCH3 is 1. The maximum absolute atomic E-state index is 8.49. The highest BCUT2D eigenvalue weighted by atomic mass is 35.7. The molecule has 0 aliphatic carbocycles. The van der Waals surface area contributed by atoms with Crippen LogP contribution in [0.25, 0.3) is 15.9 Å². The van der Waals surface area contributed by atoms with Crippen LogP contribution in [-0.2, 0) is 0 Å². The summed E-state index contributed by atoms with van der Waals surface area (Å²) in [6, 6.07) is 25.1. The van der Waals surface area contributed by atoms with Gasteiger partial charge in [-0.3, -0.25) is 0 Å². The summed E-state index contributed by atoms with van der Waals surface area (Å²) in [5, 5.41) is 0.820. The molecule has 1 aromatic heterocycles. The molecule has 0 bridgehead atoms. The molecule has 0 unspecified atom stereocenters. The predicted molar refractivity (Wildman–Crippen MR) is 127 cm³/mol. The van der Waals surface area contributed by atoms with Crippen LogP contribution in [-0.4, -0.2) is 14.2 Å². The Kier molecular flexibility index (Phi) is 9.26. The number of hydrogen-bond donors (Lipinski definition) is 0. The van der Waals surface area contributed by atoms with E-state index < -0.39 is 10.2 Å². The van der Waals surface area contributed by atoms with E-state index in [4.69, 9.17) is 27.8 Å². The highest BCUT2D eigenvalue weighted by molar-refractivity contribution is 8.16. The second-order valence-corrected chi connectivity index (χ2v) is 9.66. The van der Waals surface area contributed by atoms with Gasteiger partial charge in [0.05, 0.1) is 13.2 Å². The van der Waals surface area contributed by atoms with Gasteiger partial charge in [-0.05, 0) is 46.6 Å². The van der Waals surface area contributed by atoms with Gasteiger partial charge in [0.25, 0.3) is 7.11 Å². The summed E-state index contributed by atoms with van der Waals surface area (Å²) >= 11 is 3.29. The van der Waals surface area contributed by atoms with Crippen LogP contribution in [0.1, 0.15) is 16.7 Å². The van der Waals surface area contributed by atoms with E-state index >= 15 is 0 Å². The number of halogens is 1. The highest BCUT2D eigenvalue weighted by Crippen LogP contribution is 2.44. The summed E-state index contributed by atoms with van der Waals surface area (Å²) in [6.07, 6.45) is 6.65. The second kappa shape index (κ2) is 12.1. The Morgan fingerprint density at radius 1 is 0.824 bits per heavy atom. The predicted octanol–water partition coefficient (Wildman–Crippen LogP) is 1.74. The quantitative estimate of drug-likeness (QED) is 0.488. The first-order chi connectivity index (χ1) is 16.2. The topological polar surface area (TPSA) is 113 Å². The number of hydrogen-bond acceptors (Lipinski definition) is 7. The zero-order valence-corrected chi connectivity index (χ0v) is 20.7. The van der Waals surface area contributed by atoms with Crippen LogP contribution in [0, 0.1) is 10.2 Å². The average molecular weight is 517 g/mol. The van der Waals surface area contributed by atoms with Gasteiger partial charge in [-0.15, -0.1) is 10.2 Å². The molecular weight excluding hydrogens is 496 g/mol. The van der Waals surface area contributed by atoms with Gasteiger partial charge in [0.2, 0.25) is 0 Å². The lowest BCUT2D eigenvalue weighted by atomic mass is 10.1. The molecule has 2 heterocycles. The van der Waals surface area contributed by atoms with Crippen LogP contribution in [0.2, 0.25) is 0 Å². The average Bonchev–Trinajstić information content (AvgIpc) is 2.83. The summed E-state index contributed by atoms with van der Waals surface area (Å²) in [7, 11) is -1.58. The van der Waals surface area contributed by atoms with Crippen molar-refractivity contribution in [2.45, 2.75) is 0 Å². The van der Waals surface area contributed by atoms with E-state index in [0.29, 0.717) is 0 Å². The van der Waals surface area contributed by atoms with Crippen molar-refractivity contribution in [3.63, 3.8) is 0 Å². The van der Waals surface area contributed by atoms with Crippen molar-refractivity contribution in [1.29, 1.82) is 0 Å². The van der Waals surface area contributed by atoms with Gasteiger partial charge in [-0.1, -0.05) is 72.4 Å². The zero-order chi connectivity index (χ0) is 24.6. The first-order valence-corrected chi connectivity index (χ1v) is 12.7. The van der Waals surface area contributed by atoms with E-state index in [9.17, 15) is 0 Å². The van der Waals surface area contributed by atoms with Crippen LogP contribution in [0.15, 0.2) is 94.9 Å². The standard InChI is InChI=1S/C25H21O2S2.ClHO4/c1-26-24-16-19(17-25(27-2)29-24)13-18-14-22(20-9-5-3-6-10-20)28-23(15-18)21-11-7-4-8-12-21;2-1(3,4)5/h3-17H,1-2H3;(H,2,3,4,5)/q+1;/p-1. The molecule has 0 saturated carbocycles. The molecule has 0 N–H and O–H groups in total. The Morgan fingerprint density at radius 2 is 1.32 bits per heavy atom. The Morgan fingerprint density at radius 3 is 1.76 bits per heavy atom. The fourth-order valence-electron chi connectivity index (χ4n) is 3.04. The van der Waals surface area contributed by atoms with Crippen LogP contribution >= 0.6 is 23.1 Å². The van der Waals surface area contributed by atoms with Gasteiger partial charge in [0.15, 0.2) is 5.06 Å². The van der Waals surface area contributed by atoms with Gasteiger partial charge in [-0.2, -0.15) is 0 Å². The molecule has 0 amide bonds. The Hall–Kier alpha value is -2.69. The molecule has 0 spiro atoms. The molecule has 0 atom stereocenters. The summed E-state index contributed by atoms with van der Waals surface area (Å²) in [5.41, 5.74) is 4.62. The van der Waals surface area contributed by atoms with Gasteiger partial charge < -0.3 is 4.74 Å². The number of rotatable bonds is 4. The number of benzene rings is 2. The molecule has 2 aromatic carbocycles. The summed E-state index contributed by atoms with van der Waals surface area (Å²) in [5.74, 6) is 0. The number of allylic oxidation sites excluding steroid dienone is 3. The minimum absolute atomic E-state index is 0.820. The smallest absolute Gasteiger partial charge is 0.404 e. The van der Waals surface area contributed by atoms with Crippen molar-refractivity contribution in [3.05, 3.63) is 116 Å². The third-order valence-electron chi connectivity index (χ3n) is 4.44. The number of ether oxygens (including phenoxy) is 1. The first kappa shape index (κ1) is 25.9. The molecule has 1 aliphatic rings. The molecule has 1 aliphatic heterocycles. The van der Waals surface area contributed by atoms with Gasteiger partial charge in [0, 0.05) is 21.1 Å². The van der Waals surface area contributed by atoms with Crippen molar-refractivity contribution in [1.82, 2.24) is 0 Å². The minimum Gasteiger partial charge on any atom is -0.487 e. The maximum Gasteiger partial charge on any atom is 0.404 e. The van der Waals surface area contributed by atoms with Crippen molar-refractivity contribution in [2.24, 2.45) is 0 Å². The van der Waals surface area contributed by atoms with Gasteiger partial charge in [-0.25, -0.2) is 23.1 Å². The fourth-order valence-corrected chi connectivity index (χ4v) is 4.93. The molecule has 6 nitrogen and oxygen atoms in total. The lowest BCUT2D eigenvalue weighted by Gasteiger charge is -2.17. The van der Waals surface area contributed by atoms with E-state index in [1.807, 2.05) is 24.3 Å². The highest BCUT2D eigenvalue weighted by Gasteiger charge is 2.14. The normalized spacial score (nSPS) is 13.9. The Labute approximate surface area is 207 Å². The van der Waals surface area contributed by atoms with Crippen LogP contribution in [0.4, 0.5) is 0 Å². The van der Waals surface area contributed by atoms with Crippen LogP contribution in [0.3, 0.4) is 0 Å². The Balaban J connectivity index is 0.000000588. The van der Waals surface area contributed by atoms with Crippen molar-refractivity contribution < 1.29 is 33.6 Å². The maximum atomic E-state index is 8.49. The SMILES string of the molecule is COc1cc(C=C2C=C(c3ccccc3)SC(c3ccccc3)=C2)cc(=[O+]C)s1.[O-][Cl+3]([O-])([O-])[O-]. The summed E-state index contributed by atoms with van der Waals surface area (Å²) in [4.78, 5) is 2.46. The van der Waals surface area contributed by atoms with E-state index in [0.717, 1.165) is 20.9 Å². The van der Waals surface area contributed by atoms with Gasteiger partial charge in [0.1, 0.15) is 0 Å². The lowest BCUT2D eigenvalue weighted by molar-refractivity contribution is -2.00. The van der Waals surface area contributed by atoms with Crippen molar-refractivity contribution in [3.8, 4) is 5.06 Å². The summed E-state index contributed by atoms with van der Waals surface area (Å²) < 4.78 is 45.7. The molecule has 34 heavy (non-hydrogen) atoms. The number of thioether (sulfide) groups is 1. The third kappa shape index (κ3) is 8.27. The van der Waals surface area contributed by atoms with Crippen molar-refractivity contribution >= 4 is 39.0 Å². The molecule has 0 saturated heterocycles. The first-order valence-electron chi connectivity index (χ1n) is 9.87. The molecule has 0 fully saturated rings. The van der Waals surface area contributed by atoms with Crippen LogP contribution in [0.5, 0.6) is 5.06 Å². The molecule has 0 radical (unpaired) electrons. The fraction of sp³-hybridized carbons (Fsp3) is 0.0800. The summed E-state index contributed by atoms with van der Waals surface area (Å²) in [6.45, 7) is 0. The molecule has 9 heteroatoms. The van der Waals surface area contributed by atoms with Crippen LogP contribution < -0.4 is 28.1 Å². The second-order valence-electron chi connectivity index (χ2n) is 6.81. The third-order valence-corrected chi connectivity index (χ3v) is 6.56. The molecular formula is C25H21ClO6S2. The minimum atomic E-state index is -4.94. The monoisotopic (exact) mass is 516 g/mol. The van der Waals surface area contributed by atoms with Crippen molar-refractivity contribution in [2.75, 3.05) is 14.2 Å². The molecule has 176 valence electrons. The lowest BCUT2D eigenvalue weighted by Crippen LogP contribution is -2.68.